The van der Waals surface area contributed by atoms with Crippen LogP contribution in [0.4, 0.5) is 5.82 Å². The summed E-state index contributed by atoms with van der Waals surface area (Å²) in [5, 5.41) is 7.63. The Morgan fingerprint density at radius 3 is 2.67 bits per heavy atom. The number of H-pyrrole nitrogens is 1. The summed E-state index contributed by atoms with van der Waals surface area (Å²) >= 11 is 3.51. The van der Waals surface area contributed by atoms with Gasteiger partial charge in [-0.2, -0.15) is 5.10 Å². The number of rotatable bonds is 0. The molecule has 0 aliphatic rings. The van der Waals surface area contributed by atoms with Gasteiger partial charge in [0.15, 0.2) is 5.65 Å². The van der Waals surface area contributed by atoms with E-state index < -0.39 is 0 Å². The van der Waals surface area contributed by atoms with Crippen molar-refractivity contribution in [3.8, 4) is 0 Å². The third-order valence-corrected chi connectivity index (χ3v) is 2.84. The molecule has 0 spiro atoms. The van der Waals surface area contributed by atoms with Gasteiger partial charge in [0, 0.05) is 9.89 Å². The molecule has 0 atom stereocenters. The van der Waals surface area contributed by atoms with E-state index >= 15 is 0 Å². The van der Waals surface area contributed by atoms with E-state index in [1.165, 1.54) is 0 Å². The van der Waals surface area contributed by atoms with Crippen molar-refractivity contribution in [3.63, 3.8) is 0 Å². The standard InChI is InChI=1S/C10H13BrN4/c1-10(2,3)7-6(11)4-5-8(12)14-15-9(5)13-7/h4H,1-3H3,(H3,12,13,14,15). The number of nitrogens with two attached hydrogens (primary N) is 1. The lowest BCUT2D eigenvalue weighted by atomic mass is 9.91. The first-order valence-electron chi connectivity index (χ1n) is 4.70. The van der Waals surface area contributed by atoms with Crippen molar-refractivity contribution >= 4 is 32.8 Å². The van der Waals surface area contributed by atoms with Gasteiger partial charge in [-0.25, -0.2) is 4.98 Å². The van der Waals surface area contributed by atoms with Crippen molar-refractivity contribution in [2.75, 3.05) is 5.73 Å². The van der Waals surface area contributed by atoms with E-state index in [1.807, 2.05) is 6.07 Å². The molecule has 15 heavy (non-hydrogen) atoms. The van der Waals surface area contributed by atoms with Crippen LogP contribution < -0.4 is 5.73 Å². The molecule has 0 amide bonds. The summed E-state index contributed by atoms with van der Waals surface area (Å²) in [6, 6.07) is 1.96. The average molecular weight is 269 g/mol. The lowest BCUT2D eigenvalue weighted by molar-refractivity contribution is 0.567. The second-order valence-electron chi connectivity index (χ2n) is 4.58. The van der Waals surface area contributed by atoms with Crippen LogP contribution in [0, 0.1) is 0 Å². The summed E-state index contributed by atoms with van der Waals surface area (Å²) < 4.78 is 0.968. The van der Waals surface area contributed by atoms with Crippen LogP contribution in [0.15, 0.2) is 10.5 Å². The van der Waals surface area contributed by atoms with Crippen LogP contribution in [-0.2, 0) is 5.41 Å². The van der Waals surface area contributed by atoms with Crippen LogP contribution in [0.25, 0.3) is 11.0 Å². The van der Waals surface area contributed by atoms with Gasteiger partial charge in [-0.3, -0.25) is 5.10 Å². The Bertz CT molecular complexity index is 510. The minimum Gasteiger partial charge on any atom is -0.384 e. The maximum absolute atomic E-state index is 5.73. The SMILES string of the molecule is CC(C)(C)c1nc2n[nH]c(N)c2cc1Br. The molecular formula is C10H13BrN4. The first-order chi connectivity index (χ1) is 6.89. The van der Waals surface area contributed by atoms with Gasteiger partial charge < -0.3 is 5.73 Å². The van der Waals surface area contributed by atoms with Crippen LogP contribution in [0.2, 0.25) is 0 Å². The number of nitrogens with zero attached hydrogens (tertiary/aromatic N) is 2. The van der Waals surface area contributed by atoms with E-state index in [0.29, 0.717) is 11.5 Å². The number of anilines is 1. The monoisotopic (exact) mass is 268 g/mol. The highest BCUT2D eigenvalue weighted by molar-refractivity contribution is 9.10. The first-order valence-corrected chi connectivity index (χ1v) is 5.49. The summed E-state index contributed by atoms with van der Waals surface area (Å²) in [6.45, 7) is 6.34. The van der Waals surface area contributed by atoms with Crippen molar-refractivity contribution in [2.24, 2.45) is 0 Å². The highest BCUT2D eigenvalue weighted by Gasteiger charge is 2.20. The summed E-state index contributed by atoms with van der Waals surface area (Å²) in [7, 11) is 0. The predicted molar refractivity (Wildman–Crippen MR) is 64.7 cm³/mol. The molecule has 0 saturated carbocycles. The molecule has 2 heterocycles. The lowest BCUT2D eigenvalue weighted by Gasteiger charge is -2.18. The van der Waals surface area contributed by atoms with Gasteiger partial charge >= 0.3 is 0 Å². The van der Waals surface area contributed by atoms with Crippen molar-refractivity contribution in [3.05, 3.63) is 16.2 Å². The molecule has 0 radical (unpaired) electrons. The summed E-state index contributed by atoms with van der Waals surface area (Å²) in [6.07, 6.45) is 0. The Labute approximate surface area is 96.4 Å². The molecule has 0 aliphatic heterocycles. The van der Waals surface area contributed by atoms with Crippen LogP contribution in [0.3, 0.4) is 0 Å². The highest BCUT2D eigenvalue weighted by Crippen LogP contribution is 2.31. The zero-order valence-electron chi connectivity index (χ0n) is 8.93. The first kappa shape index (κ1) is 10.4. The predicted octanol–water partition coefficient (Wildman–Crippen LogP) is 2.60. The Morgan fingerprint density at radius 1 is 1.40 bits per heavy atom. The molecule has 5 heteroatoms. The fourth-order valence-corrected chi connectivity index (χ4v) is 2.37. The number of pyridine rings is 1. The molecule has 3 N–H and O–H groups in total. The third-order valence-electron chi connectivity index (χ3n) is 2.24. The van der Waals surface area contributed by atoms with Gasteiger partial charge in [-0.1, -0.05) is 20.8 Å². The molecule has 0 fully saturated rings. The zero-order valence-corrected chi connectivity index (χ0v) is 10.5. The molecule has 80 valence electrons. The Hall–Kier alpha value is -1.10. The minimum atomic E-state index is -0.0132. The van der Waals surface area contributed by atoms with Crippen LogP contribution in [0.1, 0.15) is 26.5 Å². The number of fused-ring (bicyclic) bond motifs is 1. The molecule has 2 rings (SSSR count). The van der Waals surface area contributed by atoms with Crippen LogP contribution >= 0.6 is 15.9 Å². The second kappa shape index (κ2) is 3.20. The topological polar surface area (TPSA) is 67.6 Å². The van der Waals surface area contributed by atoms with Gasteiger partial charge in [-0.05, 0) is 22.0 Å². The summed E-state index contributed by atoms with van der Waals surface area (Å²) in [5.41, 5.74) is 7.37. The van der Waals surface area contributed by atoms with E-state index in [9.17, 15) is 0 Å². The van der Waals surface area contributed by atoms with Gasteiger partial charge in [0.05, 0.1) is 11.1 Å². The number of hydrogen-bond donors (Lipinski definition) is 2. The van der Waals surface area contributed by atoms with Gasteiger partial charge in [0.25, 0.3) is 0 Å². The van der Waals surface area contributed by atoms with Crippen molar-refractivity contribution in [1.82, 2.24) is 15.2 Å². The summed E-state index contributed by atoms with van der Waals surface area (Å²) in [5.74, 6) is 0.554. The van der Waals surface area contributed by atoms with Gasteiger partial charge in [0.2, 0.25) is 0 Å². The molecule has 0 bridgehead atoms. The van der Waals surface area contributed by atoms with Crippen molar-refractivity contribution < 1.29 is 0 Å². The lowest BCUT2D eigenvalue weighted by Crippen LogP contribution is -2.14. The summed E-state index contributed by atoms with van der Waals surface area (Å²) in [4.78, 5) is 4.50. The molecule has 2 aromatic heterocycles. The molecule has 0 saturated heterocycles. The smallest absolute Gasteiger partial charge is 0.183 e. The Kier molecular flexibility index (Phi) is 2.22. The van der Waals surface area contributed by atoms with E-state index in [1.54, 1.807) is 0 Å². The fourth-order valence-electron chi connectivity index (χ4n) is 1.46. The molecule has 0 aromatic carbocycles. The highest BCUT2D eigenvalue weighted by atomic mass is 79.9. The van der Waals surface area contributed by atoms with E-state index in [-0.39, 0.29) is 5.41 Å². The Balaban J connectivity index is 2.74. The van der Waals surface area contributed by atoms with Crippen LogP contribution in [0.5, 0.6) is 0 Å². The largest absolute Gasteiger partial charge is 0.384 e. The van der Waals surface area contributed by atoms with Gasteiger partial charge in [0.1, 0.15) is 5.82 Å². The molecule has 0 aliphatic carbocycles. The number of aromatic amines is 1. The number of nitrogens with one attached hydrogen (secondary N) is 1. The molecule has 0 unspecified atom stereocenters. The van der Waals surface area contributed by atoms with Crippen LogP contribution in [-0.4, -0.2) is 15.2 Å². The number of aromatic nitrogens is 3. The van der Waals surface area contributed by atoms with Crippen molar-refractivity contribution in [2.45, 2.75) is 26.2 Å². The normalized spacial score (nSPS) is 12.3. The van der Waals surface area contributed by atoms with E-state index in [0.717, 1.165) is 15.6 Å². The molecular weight excluding hydrogens is 256 g/mol. The molecule has 4 nitrogen and oxygen atoms in total. The number of nitrogen functional groups attached to an aromatic ring is 1. The Morgan fingerprint density at radius 2 is 2.07 bits per heavy atom. The maximum atomic E-state index is 5.73. The zero-order chi connectivity index (χ0) is 11.2. The van der Waals surface area contributed by atoms with E-state index in [4.69, 9.17) is 5.73 Å². The van der Waals surface area contributed by atoms with E-state index in [2.05, 4.69) is 51.9 Å². The second-order valence-corrected chi connectivity index (χ2v) is 5.43. The quantitative estimate of drug-likeness (QED) is 0.772. The number of halogens is 1. The van der Waals surface area contributed by atoms with Gasteiger partial charge in [-0.15, -0.1) is 0 Å². The average Bonchev–Trinajstić information content (AvgIpc) is 2.45. The number of hydrogen-bond acceptors (Lipinski definition) is 3. The minimum absolute atomic E-state index is 0.0132. The maximum Gasteiger partial charge on any atom is 0.183 e. The van der Waals surface area contributed by atoms with Crippen molar-refractivity contribution in [1.29, 1.82) is 0 Å². The fraction of sp³-hybridized carbons (Fsp3) is 0.400. The third kappa shape index (κ3) is 1.71. The molecule has 2 aromatic rings.